The molecule has 6 nitrogen and oxygen atoms in total. The second-order valence-corrected chi connectivity index (χ2v) is 18.3. The van der Waals surface area contributed by atoms with Gasteiger partial charge in [-0.25, -0.2) is 0 Å². The van der Waals surface area contributed by atoms with Crippen LogP contribution in [0.1, 0.15) is 291 Å². The molecule has 344 valence electrons. The van der Waals surface area contributed by atoms with Crippen LogP contribution in [0.5, 0.6) is 0 Å². The molecule has 0 aliphatic heterocycles. The van der Waals surface area contributed by atoms with Crippen molar-refractivity contribution in [3.05, 3.63) is 0 Å². The third-order valence-electron chi connectivity index (χ3n) is 11.8. The molecule has 0 aromatic rings. The van der Waals surface area contributed by atoms with Crippen LogP contribution in [0.2, 0.25) is 0 Å². The lowest BCUT2D eigenvalue weighted by Crippen LogP contribution is -2.30. The van der Waals surface area contributed by atoms with Crippen LogP contribution in [0.4, 0.5) is 0 Å². The van der Waals surface area contributed by atoms with Crippen LogP contribution in [-0.4, -0.2) is 37.2 Å². The van der Waals surface area contributed by atoms with Gasteiger partial charge in [-0.05, 0) is 25.2 Å². The highest BCUT2D eigenvalue weighted by atomic mass is 16.6. The van der Waals surface area contributed by atoms with E-state index in [9.17, 15) is 14.4 Å². The van der Waals surface area contributed by atoms with Gasteiger partial charge in [0.2, 0.25) is 0 Å². The molecule has 0 N–H and O–H groups in total. The van der Waals surface area contributed by atoms with Crippen LogP contribution in [-0.2, 0) is 28.6 Å². The standard InChI is InChI=1S/C52H100O6/c1-5-7-9-11-12-13-14-15-23-27-30-33-37-41-45-52(55)58-49(46-56-50(53)43-39-34-10-8-6-2)47-57-51(54)44-40-36-32-29-26-24-21-19-17-16-18-20-22-25-28-31-35-38-42-48(3)4/h48-49H,5-47H2,1-4H3/t49-/m1/s1. The quantitative estimate of drug-likeness (QED) is 0.0346. The third-order valence-corrected chi connectivity index (χ3v) is 11.8. The molecule has 6 heteroatoms. The Kier molecular flexibility index (Phi) is 45.2. The van der Waals surface area contributed by atoms with Gasteiger partial charge in [-0.1, -0.05) is 252 Å². The number of hydrogen-bond acceptors (Lipinski definition) is 6. The second-order valence-electron chi connectivity index (χ2n) is 18.3. The van der Waals surface area contributed by atoms with Gasteiger partial charge in [0.05, 0.1) is 0 Å². The summed E-state index contributed by atoms with van der Waals surface area (Å²) in [5.74, 6) is -0.000264. The van der Waals surface area contributed by atoms with E-state index in [2.05, 4.69) is 27.7 Å². The fourth-order valence-electron chi connectivity index (χ4n) is 7.86. The van der Waals surface area contributed by atoms with E-state index in [1.807, 2.05) is 0 Å². The molecule has 0 aliphatic carbocycles. The summed E-state index contributed by atoms with van der Waals surface area (Å²) in [5.41, 5.74) is 0. The molecule has 0 heterocycles. The summed E-state index contributed by atoms with van der Waals surface area (Å²) in [5, 5.41) is 0. The van der Waals surface area contributed by atoms with E-state index in [-0.39, 0.29) is 31.1 Å². The number of rotatable bonds is 47. The van der Waals surface area contributed by atoms with Crippen LogP contribution < -0.4 is 0 Å². The first kappa shape index (κ1) is 56.4. The van der Waals surface area contributed by atoms with E-state index in [4.69, 9.17) is 14.2 Å². The van der Waals surface area contributed by atoms with E-state index in [0.717, 1.165) is 70.1 Å². The lowest BCUT2D eigenvalue weighted by atomic mass is 10.0. The molecule has 0 rings (SSSR count). The molecule has 0 aliphatic rings. The van der Waals surface area contributed by atoms with Crippen molar-refractivity contribution in [2.75, 3.05) is 13.2 Å². The Balaban J connectivity index is 4.06. The highest BCUT2D eigenvalue weighted by molar-refractivity contribution is 5.71. The van der Waals surface area contributed by atoms with E-state index < -0.39 is 6.10 Å². The van der Waals surface area contributed by atoms with Gasteiger partial charge in [0.25, 0.3) is 0 Å². The minimum absolute atomic E-state index is 0.0637. The van der Waals surface area contributed by atoms with Crippen LogP contribution in [0, 0.1) is 5.92 Å². The van der Waals surface area contributed by atoms with Gasteiger partial charge in [0.1, 0.15) is 13.2 Å². The lowest BCUT2D eigenvalue weighted by molar-refractivity contribution is -0.167. The maximum atomic E-state index is 12.7. The fourth-order valence-corrected chi connectivity index (χ4v) is 7.86. The Bertz CT molecular complexity index is 872. The van der Waals surface area contributed by atoms with Crippen LogP contribution in [0.25, 0.3) is 0 Å². The molecule has 0 amide bonds. The molecule has 0 aromatic carbocycles. The molecule has 0 bridgehead atoms. The van der Waals surface area contributed by atoms with Crippen LogP contribution in [0.3, 0.4) is 0 Å². The number of esters is 3. The van der Waals surface area contributed by atoms with E-state index in [1.165, 1.54) is 180 Å². The molecule has 0 saturated carbocycles. The average molecular weight is 821 g/mol. The van der Waals surface area contributed by atoms with Gasteiger partial charge >= 0.3 is 17.9 Å². The Morgan fingerprint density at radius 3 is 0.845 bits per heavy atom. The fraction of sp³-hybridized carbons (Fsp3) is 0.942. The monoisotopic (exact) mass is 821 g/mol. The molecular weight excluding hydrogens is 721 g/mol. The van der Waals surface area contributed by atoms with Crippen LogP contribution >= 0.6 is 0 Å². The summed E-state index contributed by atoms with van der Waals surface area (Å²) in [6, 6.07) is 0. The number of hydrogen-bond donors (Lipinski definition) is 0. The van der Waals surface area contributed by atoms with Gasteiger partial charge in [-0.15, -0.1) is 0 Å². The maximum absolute atomic E-state index is 12.7. The molecule has 1 atom stereocenters. The van der Waals surface area contributed by atoms with E-state index >= 15 is 0 Å². The summed E-state index contributed by atoms with van der Waals surface area (Å²) < 4.78 is 16.7. The summed E-state index contributed by atoms with van der Waals surface area (Å²) in [6.45, 7) is 8.97. The average Bonchev–Trinajstić information content (AvgIpc) is 3.21. The SMILES string of the molecule is CCCCCCCCCCCCCCCCC(=O)O[C@H](COC(=O)CCCCCCC)COC(=O)CCCCCCCCCCCCCCCCCCCCC(C)C. The van der Waals surface area contributed by atoms with Gasteiger partial charge in [0.15, 0.2) is 6.10 Å². The smallest absolute Gasteiger partial charge is 0.306 e. The Labute approximate surface area is 361 Å². The van der Waals surface area contributed by atoms with Gasteiger partial charge in [-0.3, -0.25) is 14.4 Å². The van der Waals surface area contributed by atoms with Crippen molar-refractivity contribution in [2.45, 2.75) is 297 Å². The first-order valence-electron chi connectivity index (χ1n) is 25.9. The normalized spacial score (nSPS) is 11.9. The summed E-state index contributed by atoms with van der Waals surface area (Å²) >= 11 is 0. The summed E-state index contributed by atoms with van der Waals surface area (Å²) in [7, 11) is 0. The largest absolute Gasteiger partial charge is 0.462 e. The lowest BCUT2D eigenvalue weighted by Gasteiger charge is -2.18. The number of unbranched alkanes of at least 4 members (excludes halogenated alkanes) is 34. The Hall–Kier alpha value is -1.59. The molecule has 0 spiro atoms. The summed E-state index contributed by atoms with van der Waals surface area (Å²) in [4.78, 5) is 37.6. The van der Waals surface area contributed by atoms with Gasteiger partial charge < -0.3 is 14.2 Å². The first-order chi connectivity index (χ1) is 28.4. The molecule has 58 heavy (non-hydrogen) atoms. The van der Waals surface area contributed by atoms with Crippen molar-refractivity contribution < 1.29 is 28.6 Å². The maximum Gasteiger partial charge on any atom is 0.306 e. The van der Waals surface area contributed by atoms with Crippen molar-refractivity contribution in [3.63, 3.8) is 0 Å². The van der Waals surface area contributed by atoms with Crippen molar-refractivity contribution in [3.8, 4) is 0 Å². The molecule has 0 radical (unpaired) electrons. The van der Waals surface area contributed by atoms with Crippen molar-refractivity contribution >= 4 is 17.9 Å². The van der Waals surface area contributed by atoms with Crippen molar-refractivity contribution in [1.82, 2.24) is 0 Å². The minimum atomic E-state index is -0.758. The molecular formula is C52H100O6. The number of carbonyl (C=O) groups is 3. The van der Waals surface area contributed by atoms with E-state index in [0.29, 0.717) is 19.3 Å². The zero-order chi connectivity index (χ0) is 42.4. The van der Waals surface area contributed by atoms with Crippen LogP contribution in [0.15, 0.2) is 0 Å². The molecule has 0 fully saturated rings. The number of carbonyl (C=O) groups excluding carboxylic acids is 3. The zero-order valence-electron chi connectivity index (χ0n) is 39.5. The van der Waals surface area contributed by atoms with E-state index in [1.54, 1.807) is 0 Å². The Morgan fingerprint density at radius 1 is 0.328 bits per heavy atom. The highest BCUT2D eigenvalue weighted by Crippen LogP contribution is 2.17. The topological polar surface area (TPSA) is 78.9 Å². The zero-order valence-corrected chi connectivity index (χ0v) is 39.5. The summed E-state index contributed by atoms with van der Waals surface area (Å²) in [6.07, 6.45) is 48.4. The highest BCUT2D eigenvalue weighted by Gasteiger charge is 2.19. The molecule has 0 aromatic heterocycles. The second kappa shape index (κ2) is 46.5. The molecule has 0 unspecified atom stereocenters. The van der Waals surface area contributed by atoms with Crippen molar-refractivity contribution in [2.24, 2.45) is 5.92 Å². The van der Waals surface area contributed by atoms with Gasteiger partial charge in [0, 0.05) is 19.3 Å². The third kappa shape index (κ3) is 45.5. The van der Waals surface area contributed by atoms with Crippen molar-refractivity contribution in [1.29, 1.82) is 0 Å². The minimum Gasteiger partial charge on any atom is -0.462 e. The van der Waals surface area contributed by atoms with Gasteiger partial charge in [-0.2, -0.15) is 0 Å². The predicted molar refractivity (Wildman–Crippen MR) is 247 cm³/mol. The number of ether oxygens (including phenoxy) is 3. The molecule has 0 saturated heterocycles. The Morgan fingerprint density at radius 2 is 0.569 bits per heavy atom. The first-order valence-corrected chi connectivity index (χ1v) is 25.9. The predicted octanol–water partition coefficient (Wildman–Crippen LogP) is 16.7.